The summed E-state index contributed by atoms with van der Waals surface area (Å²) in [7, 11) is 0. The Hall–Kier alpha value is -1.12. The van der Waals surface area contributed by atoms with Crippen LogP contribution in [-0.4, -0.2) is 29.7 Å². The highest BCUT2D eigenvalue weighted by Crippen LogP contribution is 2.36. The summed E-state index contributed by atoms with van der Waals surface area (Å²) in [6, 6.07) is 0.204. The fourth-order valence-electron chi connectivity index (χ4n) is 3.07. The highest BCUT2D eigenvalue weighted by Gasteiger charge is 2.34. The van der Waals surface area contributed by atoms with E-state index in [9.17, 15) is 9.59 Å². The molecule has 0 N–H and O–H groups in total. The normalized spacial score (nSPS) is 30.0. The van der Waals surface area contributed by atoms with Crippen molar-refractivity contribution in [3.05, 3.63) is 11.1 Å². The van der Waals surface area contributed by atoms with Crippen molar-refractivity contribution in [2.24, 2.45) is 5.92 Å². The molecule has 0 aromatic carbocycles. The number of piperidine rings is 1. The van der Waals surface area contributed by atoms with Crippen LogP contribution in [0.5, 0.6) is 0 Å². The van der Waals surface area contributed by atoms with Crippen LogP contribution in [0.2, 0.25) is 0 Å². The van der Waals surface area contributed by atoms with E-state index in [1.54, 1.807) is 6.92 Å². The molecule has 3 heteroatoms. The van der Waals surface area contributed by atoms with Gasteiger partial charge in [0.2, 0.25) is 5.91 Å². The average Bonchev–Trinajstić information content (AvgIpc) is 2.26. The predicted molar refractivity (Wildman–Crippen MR) is 61.9 cm³/mol. The molecule has 88 valence electrons. The molecule has 0 radical (unpaired) electrons. The highest BCUT2D eigenvalue weighted by atomic mass is 16.2. The molecular formula is C13H19NO2. The lowest BCUT2D eigenvalue weighted by Gasteiger charge is -2.42. The van der Waals surface area contributed by atoms with Gasteiger partial charge >= 0.3 is 0 Å². The highest BCUT2D eigenvalue weighted by molar-refractivity contribution is 5.78. The Labute approximate surface area is 96.5 Å². The van der Waals surface area contributed by atoms with E-state index in [1.165, 1.54) is 5.57 Å². The Morgan fingerprint density at radius 1 is 1.50 bits per heavy atom. The van der Waals surface area contributed by atoms with E-state index in [0.29, 0.717) is 5.92 Å². The molecule has 0 aromatic rings. The number of hydrogen-bond donors (Lipinski definition) is 0. The minimum Gasteiger partial charge on any atom is -0.336 e. The number of nitrogens with zero attached hydrogens (tertiary/aromatic N) is 1. The number of likely N-dealkylation sites (tertiary alicyclic amines) is 1. The van der Waals surface area contributed by atoms with Gasteiger partial charge < -0.3 is 4.90 Å². The van der Waals surface area contributed by atoms with Crippen LogP contribution in [0.1, 0.15) is 39.5 Å². The zero-order valence-electron chi connectivity index (χ0n) is 10.0. The van der Waals surface area contributed by atoms with Gasteiger partial charge in [0, 0.05) is 13.5 Å². The van der Waals surface area contributed by atoms with E-state index in [1.807, 2.05) is 4.90 Å². The lowest BCUT2D eigenvalue weighted by atomic mass is 9.77. The molecule has 3 nitrogen and oxygen atoms in total. The van der Waals surface area contributed by atoms with Gasteiger partial charge in [-0.2, -0.15) is 0 Å². The van der Waals surface area contributed by atoms with Gasteiger partial charge in [-0.1, -0.05) is 6.92 Å². The van der Waals surface area contributed by atoms with Gasteiger partial charge in [0.15, 0.2) is 0 Å². The quantitative estimate of drug-likeness (QED) is 0.634. The zero-order valence-corrected chi connectivity index (χ0v) is 10.0. The number of aldehydes is 1. The second-order valence-corrected chi connectivity index (χ2v) is 5.05. The Morgan fingerprint density at radius 3 is 2.88 bits per heavy atom. The first-order valence-corrected chi connectivity index (χ1v) is 6.07. The van der Waals surface area contributed by atoms with E-state index in [2.05, 4.69) is 6.92 Å². The van der Waals surface area contributed by atoms with Gasteiger partial charge in [0.25, 0.3) is 0 Å². The minimum atomic E-state index is 0.140. The number of amides is 1. The molecule has 2 atom stereocenters. The second kappa shape index (κ2) is 4.40. The first kappa shape index (κ1) is 11.4. The standard InChI is InChI=1S/C13H19NO2/c1-9-6-11(8-15)12-4-3-5-14(10(2)16)13(12)7-9/h8-9,13H,3-7H2,1-2H3/t9-,13-/m1/s1. The van der Waals surface area contributed by atoms with Crippen LogP contribution >= 0.6 is 0 Å². The third kappa shape index (κ3) is 1.91. The molecule has 0 spiro atoms. The Kier molecular flexibility index (Phi) is 3.13. The van der Waals surface area contributed by atoms with E-state index >= 15 is 0 Å². The van der Waals surface area contributed by atoms with E-state index in [0.717, 1.165) is 44.1 Å². The fraction of sp³-hybridized carbons (Fsp3) is 0.692. The summed E-state index contributed by atoms with van der Waals surface area (Å²) < 4.78 is 0. The first-order chi connectivity index (χ1) is 7.63. The summed E-state index contributed by atoms with van der Waals surface area (Å²) in [5.41, 5.74) is 2.18. The molecule has 0 unspecified atom stereocenters. The molecule has 1 saturated heterocycles. The number of hydrogen-bond acceptors (Lipinski definition) is 2. The number of fused-ring (bicyclic) bond motifs is 1. The van der Waals surface area contributed by atoms with Crippen LogP contribution in [0.3, 0.4) is 0 Å². The zero-order chi connectivity index (χ0) is 11.7. The largest absolute Gasteiger partial charge is 0.336 e. The maximum atomic E-state index is 11.6. The molecule has 0 aromatic heterocycles. The molecule has 0 saturated carbocycles. The summed E-state index contributed by atoms with van der Waals surface area (Å²) in [6.07, 6.45) is 4.90. The Morgan fingerprint density at radius 2 is 2.25 bits per heavy atom. The topological polar surface area (TPSA) is 37.4 Å². The van der Waals surface area contributed by atoms with Crippen molar-refractivity contribution in [2.75, 3.05) is 6.54 Å². The smallest absolute Gasteiger partial charge is 0.219 e. The van der Waals surface area contributed by atoms with Crippen LogP contribution in [-0.2, 0) is 9.59 Å². The van der Waals surface area contributed by atoms with E-state index in [4.69, 9.17) is 0 Å². The van der Waals surface area contributed by atoms with E-state index < -0.39 is 0 Å². The van der Waals surface area contributed by atoms with Gasteiger partial charge in [0.05, 0.1) is 6.04 Å². The van der Waals surface area contributed by atoms with Crippen molar-refractivity contribution >= 4 is 12.2 Å². The van der Waals surface area contributed by atoms with Crippen LogP contribution in [0.25, 0.3) is 0 Å². The summed E-state index contributed by atoms with van der Waals surface area (Å²) in [4.78, 5) is 24.6. The maximum absolute atomic E-state index is 11.6. The number of allylic oxidation sites excluding steroid dienone is 1. The average molecular weight is 221 g/mol. The van der Waals surface area contributed by atoms with Gasteiger partial charge in [-0.3, -0.25) is 9.59 Å². The van der Waals surface area contributed by atoms with Crippen LogP contribution in [0, 0.1) is 5.92 Å². The van der Waals surface area contributed by atoms with Gasteiger partial charge in [0.1, 0.15) is 6.29 Å². The number of carbonyl (C=O) groups excluding carboxylic acids is 2. The molecule has 1 aliphatic heterocycles. The molecule has 1 heterocycles. The monoisotopic (exact) mass is 221 g/mol. The fourth-order valence-corrected chi connectivity index (χ4v) is 3.07. The lowest BCUT2D eigenvalue weighted by Crippen LogP contribution is -2.46. The third-order valence-electron chi connectivity index (χ3n) is 3.78. The lowest BCUT2D eigenvalue weighted by molar-refractivity contribution is -0.131. The van der Waals surface area contributed by atoms with Crippen molar-refractivity contribution in [1.82, 2.24) is 4.90 Å². The molecule has 1 amide bonds. The molecule has 1 aliphatic carbocycles. The van der Waals surface area contributed by atoms with Gasteiger partial charge in [-0.15, -0.1) is 0 Å². The summed E-state index contributed by atoms with van der Waals surface area (Å²) >= 11 is 0. The molecule has 2 rings (SSSR count). The van der Waals surface area contributed by atoms with Crippen molar-refractivity contribution in [3.63, 3.8) is 0 Å². The summed E-state index contributed by atoms with van der Waals surface area (Å²) in [6.45, 7) is 4.64. The SMILES string of the molecule is CC(=O)N1CCCC2=C(C=O)C[C@@H](C)C[C@H]21. The Balaban J connectivity index is 2.34. The molecule has 2 aliphatic rings. The minimum absolute atomic E-state index is 0.140. The number of carbonyl (C=O) groups is 2. The summed E-state index contributed by atoms with van der Waals surface area (Å²) in [5.74, 6) is 0.649. The van der Waals surface area contributed by atoms with E-state index in [-0.39, 0.29) is 11.9 Å². The van der Waals surface area contributed by atoms with Crippen LogP contribution in [0.4, 0.5) is 0 Å². The third-order valence-corrected chi connectivity index (χ3v) is 3.78. The van der Waals surface area contributed by atoms with Gasteiger partial charge in [-0.05, 0) is 42.7 Å². The van der Waals surface area contributed by atoms with Crippen LogP contribution in [0.15, 0.2) is 11.1 Å². The van der Waals surface area contributed by atoms with Gasteiger partial charge in [-0.25, -0.2) is 0 Å². The van der Waals surface area contributed by atoms with Crippen molar-refractivity contribution in [3.8, 4) is 0 Å². The van der Waals surface area contributed by atoms with Crippen molar-refractivity contribution in [1.29, 1.82) is 0 Å². The summed E-state index contributed by atoms with van der Waals surface area (Å²) in [5, 5.41) is 0. The van der Waals surface area contributed by atoms with Crippen LogP contribution < -0.4 is 0 Å². The second-order valence-electron chi connectivity index (χ2n) is 5.05. The first-order valence-electron chi connectivity index (χ1n) is 6.07. The molecule has 0 bridgehead atoms. The van der Waals surface area contributed by atoms with Crippen molar-refractivity contribution in [2.45, 2.75) is 45.6 Å². The number of rotatable bonds is 1. The molecule has 16 heavy (non-hydrogen) atoms. The molecular weight excluding hydrogens is 202 g/mol. The predicted octanol–water partition coefficient (Wildman–Crippen LogP) is 1.92. The molecule has 1 fully saturated rings. The maximum Gasteiger partial charge on any atom is 0.219 e. The van der Waals surface area contributed by atoms with Crippen molar-refractivity contribution < 1.29 is 9.59 Å². The Bertz CT molecular complexity index is 346.